The molecule has 2 atom stereocenters. The van der Waals surface area contributed by atoms with E-state index in [1.54, 1.807) is 0 Å². The van der Waals surface area contributed by atoms with E-state index in [-0.39, 0.29) is 22.5 Å². The maximum Gasteiger partial charge on any atom is 0.341 e. The molecule has 0 spiro atoms. The molecule has 2 unspecified atom stereocenters. The van der Waals surface area contributed by atoms with Crippen LogP contribution >= 0.6 is 23.1 Å². The third-order valence-electron chi connectivity index (χ3n) is 5.68. The third-order valence-corrected chi connectivity index (χ3v) is 7.96. The zero-order valence-electron chi connectivity index (χ0n) is 18.2. The first kappa shape index (κ1) is 22.7. The van der Waals surface area contributed by atoms with E-state index in [1.807, 2.05) is 31.2 Å². The molecule has 1 heterocycles. The highest BCUT2D eigenvalue weighted by atomic mass is 32.2. The van der Waals surface area contributed by atoms with Crippen LogP contribution in [0.15, 0.2) is 29.2 Å². The minimum Gasteiger partial charge on any atom is -0.465 e. The molecule has 0 saturated heterocycles. The Morgan fingerprint density at radius 1 is 1.27 bits per heavy atom. The topological polar surface area (TPSA) is 81.4 Å². The number of rotatable bonds is 5. The van der Waals surface area contributed by atoms with Crippen LogP contribution in [-0.2, 0) is 22.4 Å². The summed E-state index contributed by atoms with van der Waals surface area (Å²) in [5.74, 6) is 0.0430. The second-order valence-electron chi connectivity index (χ2n) is 8.82. The van der Waals surface area contributed by atoms with Gasteiger partial charge in [0.05, 0.1) is 17.9 Å². The average Bonchev–Trinajstić information content (AvgIpc) is 3.05. The van der Waals surface area contributed by atoms with E-state index >= 15 is 0 Å². The van der Waals surface area contributed by atoms with Gasteiger partial charge in [0.2, 0.25) is 5.91 Å². The minimum absolute atomic E-state index is 0.132. The number of nitrogens with two attached hydrogens (primary N) is 1. The number of benzene rings is 1. The van der Waals surface area contributed by atoms with Crippen molar-refractivity contribution in [3.63, 3.8) is 0 Å². The number of nitrogen functional groups attached to an aromatic ring is 1. The van der Waals surface area contributed by atoms with E-state index in [4.69, 9.17) is 10.5 Å². The number of carbonyl (C=O) groups is 2. The Morgan fingerprint density at radius 2 is 1.93 bits per heavy atom. The summed E-state index contributed by atoms with van der Waals surface area (Å²) in [4.78, 5) is 27.6. The van der Waals surface area contributed by atoms with Crippen LogP contribution in [0.1, 0.15) is 54.9 Å². The number of nitrogens with one attached hydrogen (secondary N) is 1. The molecule has 1 aliphatic carbocycles. The number of esters is 1. The number of thioether (sulfide) groups is 1. The minimum atomic E-state index is -0.379. The van der Waals surface area contributed by atoms with Crippen molar-refractivity contribution < 1.29 is 14.3 Å². The standard InChI is InChI=1S/C23H30N2O3S2/c1-13(29-16-9-7-15(24)8-10-16)20(26)25-21-19(22(27)28-5)17-11-6-14(23(2,3)4)12-18(17)30-21/h7-10,13-14H,6,11-12,24H2,1-5H3,(H,25,26). The number of anilines is 2. The molecule has 1 amide bonds. The number of fused-ring (bicyclic) bond motifs is 1. The van der Waals surface area contributed by atoms with Crippen LogP contribution in [-0.4, -0.2) is 24.2 Å². The predicted octanol–water partition coefficient (Wildman–Crippen LogP) is 5.39. The first-order valence-corrected chi connectivity index (χ1v) is 11.9. The van der Waals surface area contributed by atoms with Crippen molar-refractivity contribution in [1.29, 1.82) is 0 Å². The van der Waals surface area contributed by atoms with Crippen LogP contribution in [0.4, 0.5) is 10.7 Å². The third kappa shape index (κ3) is 5.01. The smallest absolute Gasteiger partial charge is 0.341 e. The van der Waals surface area contributed by atoms with Crippen LogP contribution in [0.5, 0.6) is 0 Å². The van der Waals surface area contributed by atoms with Gasteiger partial charge in [0.1, 0.15) is 5.00 Å². The van der Waals surface area contributed by atoms with E-state index in [2.05, 4.69) is 26.1 Å². The molecule has 0 saturated carbocycles. The maximum absolute atomic E-state index is 12.9. The van der Waals surface area contributed by atoms with E-state index in [9.17, 15) is 9.59 Å². The van der Waals surface area contributed by atoms with E-state index < -0.39 is 0 Å². The first-order chi connectivity index (χ1) is 14.1. The number of amides is 1. The molecule has 1 aromatic heterocycles. The molecule has 1 aliphatic rings. The van der Waals surface area contributed by atoms with Gasteiger partial charge in [-0.3, -0.25) is 4.79 Å². The molecule has 5 nitrogen and oxygen atoms in total. The lowest BCUT2D eigenvalue weighted by Crippen LogP contribution is -2.26. The van der Waals surface area contributed by atoms with Gasteiger partial charge in [-0.1, -0.05) is 20.8 Å². The van der Waals surface area contributed by atoms with Crippen LogP contribution in [0.2, 0.25) is 0 Å². The fraction of sp³-hybridized carbons (Fsp3) is 0.478. The van der Waals surface area contributed by atoms with Gasteiger partial charge in [-0.05, 0) is 67.3 Å². The fourth-order valence-electron chi connectivity index (χ4n) is 3.75. The molecule has 0 radical (unpaired) electrons. The lowest BCUT2D eigenvalue weighted by atomic mass is 9.72. The van der Waals surface area contributed by atoms with Gasteiger partial charge in [0, 0.05) is 15.5 Å². The van der Waals surface area contributed by atoms with Gasteiger partial charge in [-0.25, -0.2) is 4.79 Å². The summed E-state index contributed by atoms with van der Waals surface area (Å²) in [7, 11) is 1.39. The molecular formula is C23H30N2O3S2. The van der Waals surface area contributed by atoms with Gasteiger partial charge in [-0.15, -0.1) is 23.1 Å². The molecule has 0 bridgehead atoms. The molecule has 3 rings (SSSR count). The van der Waals surface area contributed by atoms with Gasteiger partial charge >= 0.3 is 5.97 Å². The van der Waals surface area contributed by atoms with Crippen molar-refractivity contribution in [3.8, 4) is 0 Å². The van der Waals surface area contributed by atoms with E-state index in [1.165, 1.54) is 35.1 Å². The highest BCUT2D eigenvalue weighted by Gasteiger charge is 2.34. The summed E-state index contributed by atoms with van der Waals surface area (Å²) in [6.07, 6.45) is 2.80. The molecule has 0 aliphatic heterocycles. The fourth-order valence-corrected chi connectivity index (χ4v) is 5.93. The number of carbonyl (C=O) groups excluding carboxylic acids is 2. The Bertz CT molecular complexity index is 929. The molecule has 1 aromatic carbocycles. The second-order valence-corrected chi connectivity index (χ2v) is 11.3. The van der Waals surface area contributed by atoms with Crippen LogP contribution in [0, 0.1) is 11.3 Å². The first-order valence-electron chi connectivity index (χ1n) is 10.2. The average molecular weight is 447 g/mol. The maximum atomic E-state index is 12.9. The predicted molar refractivity (Wildman–Crippen MR) is 125 cm³/mol. The Balaban J connectivity index is 1.81. The summed E-state index contributed by atoms with van der Waals surface area (Å²) < 4.78 is 5.04. The number of ether oxygens (including phenoxy) is 1. The van der Waals surface area contributed by atoms with E-state index in [0.29, 0.717) is 22.2 Å². The van der Waals surface area contributed by atoms with Crippen molar-refractivity contribution in [2.45, 2.75) is 57.1 Å². The zero-order valence-corrected chi connectivity index (χ0v) is 19.8. The van der Waals surface area contributed by atoms with Gasteiger partial charge in [-0.2, -0.15) is 0 Å². The summed E-state index contributed by atoms with van der Waals surface area (Å²) in [5.41, 5.74) is 8.21. The van der Waals surface area contributed by atoms with Crippen LogP contribution in [0.3, 0.4) is 0 Å². The van der Waals surface area contributed by atoms with Gasteiger partial charge < -0.3 is 15.8 Å². The zero-order chi connectivity index (χ0) is 22.1. The van der Waals surface area contributed by atoms with Crippen LogP contribution < -0.4 is 11.1 Å². The SMILES string of the molecule is COC(=O)c1c(NC(=O)C(C)Sc2ccc(N)cc2)sc2c1CCC(C(C)(C)C)C2. The Morgan fingerprint density at radius 3 is 2.53 bits per heavy atom. The number of hydrogen-bond donors (Lipinski definition) is 2. The van der Waals surface area contributed by atoms with Crippen molar-refractivity contribution in [1.82, 2.24) is 0 Å². The van der Waals surface area contributed by atoms with Crippen molar-refractivity contribution in [2.24, 2.45) is 11.3 Å². The van der Waals surface area contributed by atoms with Gasteiger partial charge in [0.15, 0.2) is 0 Å². The Hall–Kier alpha value is -1.99. The van der Waals surface area contributed by atoms with Gasteiger partial charge in [0.25, 0.3) is 0 Å². The van der Waals surface area contributed by atoms with Crippen molar-refractivity contribution in [3.05, 3.63) is 40.3 Å². The van der Waals surface area contributed by atoms with E-state index in [0.717, 1.165) is 29.7 Å². The molecule has 3 N–H and O–H groups in total. The highest BCUT2D eigenvalue weighted by Crippen LogP contribution is 2.44. The van der Waals surface area contributed by atoms with Crippen LogP contribution in [0.25, 0.3) is 0 Å². The van der Waals surface area contributed by atoms with Crippen molar-refractivity contribution >= 4 is 45.7 Å². The largest absolute Gasteiger partial charge is 0.465 e. The summed E-state index contributed by atoms with van der Waals surface area (Å²) in [6.45, 7) is 8.64. The lowest BCUT2D eigenvalue weighted by molar-refractivity contribution is -0.115. The number of hydrogen-bond acceptors (Lipinski definition) is 6. The summed E-state index contributed by atoms with van der Waals surface area (Å²) in [6, 6.07) is 7.45. The Labute approximate surface area is 186 Å². The monoisotopic (exact) mass is 446 g/mol. The molecule has 0 fully saturated rings. The molecule has 30 heavy (non-hydrogen) atoms. The van der Waals surface area contributed by atoms with Crippen molar-refractivity contribution in [2.75, 3.05) is 18.2 Å². The molecule has 2 aromatic rings. The highest BCUT2D eigenvalue weighted by molar-refractivity contribution is 8.00. The molecular weight excluding hydrogens is 416 g/mol. The number of methoxy groups -OCH3 is 1. The molecule has 162 valence electrons. The normalized spacial score (nSPS) is 17.2. The summed E-state index contributed by atoms with van der Waals surface area (Å²) in [5, 5.41) is 3.29. The number of thiophene rings is 1. The summed E-state index contributed by atoms with van der Waals surface area (Å²) >= 11 is 2.98. The molecule has 7 heteroatoms. The Kier molecular flexibility index (Phi) is 6.82. The quantitative estimate of drug-likeness (QED) is 0.366. The second kappa shape index (κ2) is 9.02. The lowest BCUT2D eigenvalue weighted by Gasteiger charge is -2.33.